The van der Waals surface area contributed by atoms with Crippen LogP contribution in [0.5, 0.6) is 5.75 Å². The van der Waals surface area contributed by atoms with Crippen molar-refractivity contribution in [1.82, 2.24) is 5.32 Å². The minimum absolute atomic E-state index is 0.358. The summed E-state index contributed by atoms with van der Waals surface area (Å²) in [6, 6.07) is 6.79. The van der Waals surface area contributed by atoms with Gasteiger partial charge in [0, 0.05) is 6.04 Å². The normalized spacial score (nSPS) is 12.2. The Morgan fingerprint density at radius 1 is 1.37 bits per heavy atom. The summed E-state index contributed by atoms with van der Waals surface area (Å²) in [5.41, 5.74) is 3.80. The first-order valence-corrected chi connectivity index (χ1v) is 7.16. The summed E-state index contributed by atoms with van der Waals surface area (Å²) in [7, 11) is 1.72. The van der Waals surface area contributed by atoms with Gasteiger partial charge in [0.1, 0.15) is 5.75 Å². The molecular weight excluding hydrogens is 234 g/mol. The summed E-state index contributed by atoms with van der Waals surface area (Å²) in [5, 5.41) is 3.61. The fourth-order valence-corrected chi connectivity index (χ4v) is 2.18. The summed E-state index contributed by atoms with van der Waals surface area (Å²) in [5.74, 6) is 0.951. The van der Waals surface area contributed by atoms with Crippen LogP contribution in [0.15, 0.2) is 30.4 Å². The molecule has 0 radical (unpaired) electrons. The van der Waals surface area contributed by atoms with Crippen LogP contribution in [0.2, 0.25) is 0 Å². The van der Waals surface area contributed by atoms with Crippen molar-refractivity contribution in [2.24, 2.45) is 0 Å². The van der Waals surface area contributed by atoms with E-state index in [1.165, 1.54) is 16.7 Å². The molecule has 0 bridgehead atoms. The third-order valence-corrected chi connectivity index (χ3v) is 3.45. The van der Waals surface area contributed by atoms with Gasteiger partial charge >= 0.3 is 0 Å². The van der Waals surface area contributed by atoms with Gasteiger partial charge in [0.2, 0.25) is 0 Å². The average Bonchev–Trinajstić information content (AvgIpc) is 2.43. The van der Waals surface area contributed by atoms with Crippen LogP contribution < -0.4 is 10.1 Å². The van der Waals surface area contributed by atoms with Crippen molar-refractivity contribution >= 4 is 0 Å². The topological polar surface area (TPSA) is 21.3 Å². The fraction of sp³-hybridized carbons (Fsp3) is 0.529. The molecule has 0 saturated carbocycles. The highest BCUT2D eigenvalue weighted by atomic mass is 16.5. The predicted molar refractivity (Wildman–Crippen MR) is 82.8 cm³/mol. The van der Waals surface area contributed by atoms with Crippen LogP contribution in [0.25, 0.3) is 0 Å². The first-order valence-electron chi connectivity index (χ1n) is 7.16. The molecule has 0 aliphatic heterocycles. The van der Waals surface area contributed by atoms with E-state index in [0.717, 1.165) is 31.6 Å². The van der Waals surface area contributed by atoms with E-state index in [4.69, 9.17) is 4.74 Å². The van der Waals surface area contributed by atoms with E-state index >= 15 is 0 Å². The zero-order valence-corrected chi connectivity index (χ0v) is 12.8. The second-order valence-corrected chi connectivity index (χ2v) is 5.04. The van der Waals surface area contributed by atoms with Gasteiger partial charge in [-0.15, -0.1) is 0 Å². The molecular formula is C17H27NO. The molecule has 0 amide bonds. The number of hydrogen-bond donors (Lipinski definition) is 1. The molecule has 1 unspecified atom stereocenters. The maximum absolute atomic E-state index is 5.33. The molecule has 2 heteroatoms. The Morgan fingerprint density at radius 2 is 2.11 bits per heavy atom. The summed E-state index contributed by atoms with van der Waals surface area (Å²) >= 11 is 0. The van der Waals surface area contributed by atoms with Gasteiger partial charge in [-0.05, 0) is 49.9 Å². The van der Waals surface area contributed by atoms with Gasteiger partial charge in [-0.2, -0.15) is 0 Å². The SMILES string of the molecule is C=C(CC)CC(NCCC)c1ccc(OC)c(C)c1. The Kier molecular flexibility index (Phi) is 6.65. The summed E-state index contributed by atoms with van der Waals surface area (Å²) in [4.78, 5) is 0. The molecule has 0 aliphatic carbocycles. The molecule has 1 atom stereocenters. The summed E-state index contributed by atoms with van der Waals surface area (Å²) in [6.45, 7) is 11.6. The van der Waals surface area contributed by atoms with Crippen molar-refractivity contribution in [3.63, 3.8) is 0 Å². The maximum atomic E-state index is 5.33. The molecule has 0 fully saturated rings. The van der Waals surface area contributed by atoms with Crippen LogP contribution in [0, 0.1) is 6.92 Å². The lowest BCUT2D eigenvalue weighted by atomic mass is 9.96. The maximum Gasteiger partial charge on any atom is 0.121 e. The lowest BCUT2D eigenvalue weighted by molar-refractivity contribution is 0.411. The molecule has 1 aromatic rings. The van der Waals surface area contributed by atoms with E-state index in [0.29, 0.717) is 6.04 Å². The Labute approximate surface area is 117 Å². The van der Waals surface area contributed by atoms with Gasteiger partial charge in [0.25, 0.3) is 0 Å². The van der Waals surface area contributed by atoms with E-state index in [1.807, 2.05) is 0 Å². The Balaban J connectivity index is 2.89. The Hall–Kier alpha value is -1.28. The highest BCUT2D eigenvalue weighted by Crippen LogP contribution is 2.26. The van der Waals surface area contributed by atoms with Crippen LogP contribution in [-0.4, -0.2) is 13.7 Å². The monoisotopic (exact) mass is 261 g/mol. The van der Waals surface area contributed by atoms with Crippen molar-refractivity contribution in [2.45, 2.75) is 46.1 Å². The van der Waals surface area contributed by atoms with E-state index in [9.17, 15) is 0 Å². The Morgan fingerprint density at radius 3 is 2.63 bits per heavy atom. The van der Waals surface area contributed by atoms with Crippen molar-refractivity contribution in [3.05, 3.63) is 41.5 Å². The zero-order valence-electron chi connectivity index (χ0n) is 12.8. The number of aryl methyl sites for hydroxylation is 1. The molecule has 0 heterocycles. The molecule has 0 aromatic heterocycles. The molecule has 1 rings (SSSR count). The van der Waals surface area contributed by atoms with Crippen molar-refractivity contribution in [3.8, 4) is 5.75 Å². The highest BCUT2D eigenvalue weighted by molar-refractivity contribution is 5.37. The smallest absolute Gasteiger partial charge is 0.121 e. The second-order valence-electron chi connectivity index (χ2n) is 5.04. The van der Waals surface area contributed by atoms with E-state index in [2.05, 4.69) is 50.9 Å². The zero-order chi connectivity index (χ0) is 14.3. The quantitative estimate of drug-likeness (QED) is 0.700. The van der Waals surface area contributed by atoms with Crippen molar-refractivity contribution in [1.29, 1.82) is 0 Å². The van der Waals surface area contributed by atoms with E-state index < -0.39 is 0 Å². The molecule has 0 aliphatic rings. The van der Waals surface area contributed by atoms with Gasteiger partial charge in [-0.1, -0.05) is 38.1 Å². The number of methoxy groups -OCH3 is 1. The molecule has 0 saturated heterocycles. The van der Waals surface area contributed by atoms with Crippen LogP contribution in [0.3, 0.4) is 0 Å². The molecule has 0 spiro atoms. The fourth-order valence-electron chi connectivity index (χ4n) is 2.18. The number of rotatable bonds is 8. The van der Waals surface area contributed by atoms with Crippen LogP contribution in [-0.2, 0) is 0 Å². The largest absolute Gasteiger partial charge is 0.496 e. The number of ether oxygens (including phenoxy) is 1. The van der Waals surface area contributed by atoms with Crippen LogP contribution in [0.4, 0.5) is 0 Å². The predicted octanol–water partition coefficient (Wildman–Crippen LogP) is 4.40. The average molecular weight is 261 g/mol. The van der Waals surface area contributed by atoms with Gasteiger partial charge in [0.15, 0.2) is 0 Å². The Bertz CT molecular complexity index is 412. The van der Waals surface area contributed by atoms with Gasteiger partial charge < -0.3 is 10.1 Å². The first-order chi connectivity index (χ1) is 9.12. The highest BCUT2D eigenvalue weighted by Gasteiger charge is 2.13. The number of hydrogen-bond acceptors (Lipinski definition) is 2. The molecule has 106 valence electrons. The number of benzene rings is 1. The third-order valence-electron chi connectivity index (χ3n) is 3.45. The van der Waals surface area contributed by atoms with Crippen LogP contribution >= 0.6 is 0 Å². The van der Waals surface area contributed by atoms with E-state index in [-0.39, 0.29) is 0 Å². The molecule has 1 N–H and O–H groups in total. The molecule has 2 nitrogen and oxygen atoms in total. The van der Waals surface area contributed by atoms with E-state index in [1.54, 1.807) is 7.11 Å². The summed E-state index contributed by atoms with van der Waals surface area (Å²) in [6.07, 6.45) is 3.19. The van der Waals surface area contributed by atoms with Gasteiger partial charge in [-0.25, -0.2) is 0 Å². The summed E-state index contributed by atoms with van der Waals surface area (Å²) < 4.78 is 5.33. The van der Waals surface area contributed by atoms with Crippen LogP contribution in [0.1, 0.15) is 50.3 Å². The molecule has 19 heavy (non-hydrogen) atoms. The third kappa shape index (κ3) is 4.71. The standard InChI is InChI=1S/C17H27NO/c1-6-10-18-16(11-13(3)7-2)15-8-9-17(19-5)14(4)12-15/h8-9,12,16,18H,3,6-7,10-11H2,1-2,4-5H3. The first kappa shape index (κ1) is 15.8. The minimum atomic E-state index is 0.358. The van der Waals surface area contributed by atoms with Gasteiger partial charge in [0.05, 0.1) is 7.11 Å². The lowest BCUT2D eigenvalue weighted by Gasteiger charge is -2.21. The van der Waals surface area contributed by atoms with Crippen molar-refractivity contribution < 1.29 is 4.74 Å². The number of nitrogens with one attached hydrogen (secondary N) is 1. The molecule has 1 aromatic carbocycles. The lowest BCUT2D eigenvalue weighted by Crippen LogP contribution is -2.22. The van der Waals surface area contributed by atoms with Gasteiger partial charge in [-0.3, -0.25) is 0 Å². The van der Waals surface area contributed by atoms with Crippen molar-refractivity contribution in [2.75, 3.05) is 13.7 Å². The minimum Gasteiger partial charge on any atom is -0.496 e. The second kappa shape index (κ2) is 8.00.